The van der Waals surface area contributed by atoms with Crippen molar-refractivity contribution >= 4 is 27.5 Å². The van der Waals surface area contributed by atoms with Crippen molar-refractivity contribution in [2.75, 3.05) is 7.05 Å². The highest BCUT2D eigenvalue weighted by atomic mass is 79.9. The van der Waals surface area contributed by atoms with E-state index in [1.165, 1.54) is 6.07 Å². The minimum Gasteiger partial charge on any atom is -0.313 e. The molecule has 4 heteroatoms. The topological polar surface area (TPSA) is 12.0 Å². The van der Waals surface area contributed by atoms with Crippen LogP contribution in [-0.4, -0.2) is 7.05 Å². The van der Waals surface area contributed by atoms with Gasteiger partial charge >= 0.3 is 0 Å². The molecule has 0 bridgehead atoms. The predicted octanol–water partition coefficient (Wildman–Crippen LogP) is 4.74. The lowest BCUT2D eigenvalue weighted by Gasteiger charge is -2.18. The second-order valence-corrected chi connectivity index (χ2v) is 5.59. The van der Waals surface area contributed by atoms with Crippen LogP contribution in [0.1, 0.15) is 17.2 Å². The first-order chi connectivity index (χ1) is 9.11. The van der Waals surface area contributed by atoms with Gasteiger partial charge in [0.05, 0.1) is 0 Å². The van der Waals surface area contributed by atoms with E-state index in [-0.39, 0.29) is 11.9 Å². The zero-order valence-corrected chi connectivity index (χ0v) is 12.8. The number of halogens is 3. The van der Waals surface area contributed by atoms with Crippen LogP contribution in [0.5, 0.6) is 0 Å². The number of hydrogen-bond donors (Lipinski definition) is 1. The summed E-state index contributed by atoms with van der Waals surface area (Å²) in [5.41, 5.74) is 1.76. The predicted molar refractivity (Wildman–Crippen MR) is 81.1 cm³/mol. The third kappa shape index (κ3) is 3.56. The van der Waals surface area contributed by atoms with Crippen LogP contribution in [-0.2, 0) is 6.42 Å². The molecule has 0 aliphatic heterocycles. The van der Waals surface area contributed by atoms with Gasteiger partial charge in [0.2, 0.25) is 0 Å². The van der Waals surface area contributed by atoms with Gasteiger partial charge in [0.1, 0.15) is 5.82 Å². The monoisotopic (exact) mass is 341 g/mol. The van der Waals surface area contributed by atoms with Gasteiger partial charge in [0.25, 0.3) is 0 Å². The number of nitrogens with one attached hydrogen (secondary N) is 1. The molecule has 0 saturated heterocycles. The maximum absolute atomic E-state index is 13.8. The number of hydrogen-bond acceptors (Lipinski definition) is 1. The van der Waals surface area contributed by atoms with Crippen LogP contribution >= 0.6 is 27.5 Å². The molecule has 0 aliphatic carbocycles. The van der Waals surface area contributed by atoms with Crippen LogP contribution in [0.4, 0.5) is 4.39 Å². The summed E-state index contributed by atoms with van der Waals surface area (Å²) in [5.74, 6) is -0.264. The van der Waals surface area contributed by atoms with Gasteiger partial charge in [0.15, 0.2) is 0 Å². The largest absolute Gasteiger partial charge is 0.313 e. The van der Waals surface area contributed by atoms with Crippen LogP contribution in [0.3, 0.4) is 0 Å². The lowest BCUT2D eigenvalue weighted by atomic mass is 9.99. The number of rotatable bonds is 4. The Morgan fingerprint density at radius 1 is 1.26 bits per heavy atom. The molecule has 2 aromatic carbocycles. The minimum atomic E-state index is -0.264. The van der Waals surface area contributed by atoms with Gasteiger partial charge in [-0.3, -0.25) is 0 Å². The lowest BCUT2D eigenvalue weighted by Crippen LogP contribution is -2.19. The van der Waals surface area contributed by atoms with Gasteiger partial charge < -0.3 is 5.32 Å². The Hall–Kier alpha value is -0.900. The Labute approximate surface area is 125 Å². The average molecular weight is 343 g/mol. The summed E-state index contributed by atoms with van der Waals surface area (Å²) in [6.45, 7) is 0. The minimum absolute atomic E-state index is 0.0475. The molecule has 1 atom stereocenters. The van der Waals surface area contributed by atoms with Gasteiger partial charge in [-0.2, -0.15) is 0 Å². The molecular weight excluding hydrogens is 329 g/mol. The molecule has 0 amide bonds. The molecule has 100 valence electrons. The molecule has 0 radical (unpaired) electrons. The Morgan fingerprint density at radius 3 is 2.63 bits per heavy atom. The maximum Gasteiger partial charge on any atom is 0.127 e. The molecule has 2 aromatic rings. The van der Waals surface area contributed by atoms with E-state index in [1.807, 2.05) is 31.3 Å². The second kappa shape index (κ2) is 6.51. The van der Waals surface area contributed by atoms with E-state index in [9.17, 15) is 4.39 Å². The standard InChI is InChI=1S/C15H14BrClFN/c1-19-15(12-4-2-3-5-13(12)16)8-10-6-7-11(17)9-14(10)18/h2-7,9,15,19H,8H2,1H3. The fourth-order valence-corrected chi connectivity index (χ4v) is 2.75. The Balaban J connectivity index is 2.27. The van der Waals surface area contributed by atoms with Crippen molar-refractivity contribution in [1.29, 1.82) is 0 Å². The summed E-state index contributed by atoms with van der Waals surface area (Å²) in [5, 5.41) is 3.64. The fourth-order valence-electron chi connectivity index (χ4n) is 2.03. The van der Waals surface area contributed by atoms with E-state index < -0.39 is 0 Å². The van der Waals surface area contributed by atoms with E-state index in [0.717, 1.165) is 10.0 Å². The molecule has 2 rings (SSSR count). The molecule has 0 aliphatic rings. The van der Waals surface area contributed by atoms with Gasteiger partial charge in [-0.05, 0) is 42.8 Å². The van der Waals surface area contributed by atoms with Gasteiger partial charge in [-0.15, -0.1) is 0 Å². The molecule has 19 heavy (non-hydrogen) atoms. The van der Waals surface area contributed by atoms with Gasteiger partial charge in [-0.1, -0.05) is 51.8 Å². The highest BCUT2D eigenvalue weighted by Crippen LogP contribution is 2.27. The maximum atomic E-state index is 13.8. The average Bonchev–Trinajstić information content (AvgIpc) is 2.39. The summed E-state index contributed by atoms with van der Waals surface area (Å²) in [4.78, 5) is 0. The van der Waals surface area contributed by atoms with Crippen molar-refractivity contribution in [3.05, 3.63) is 68.9 Å². The van der Waals surface area contributed by atoms with Crippen LogP contribution in [0.25, 0.3) is 0 Å². The van der Waals surface area contributed by atoms with Gasteiger partial charge in [0, 0.05) is 15.5 Å². The first kappa shape index (κ1) is 14.5. The summed E-state index contributed by atoms with van der Waals surface area (Å²) in [6.07, 6.45) is 0.572. The van der Waals surface area contributed by atoms with E-state index in [2.05, 4.69) is 21.2 Å². The molecule has 0 spiro atoms. The summed E-state index contributed by atoms with van der Waals surface area (Å²) < 4.78 is 14.9. The zero-order chi connectivity index (χ0) is 13.8. The number of benzene rings is 2. The summed E-state index contributed by atoms with van der Waals surface area (Å²) in [6, 6.07) is 12.8. The van der Waals surface area contributed by atoms with Crippen LogP contribution in [0.15, 0.2) is 46.9 Å². The third-order valence-electron chi connectivity index (χ3n) is 3.07. The van der Waals surface area contributed by atoms with Gasteiger partial charge in [-0.25, -0.2) is 4.39 Å². The van der Waals surface area contributed by atoms with Crippen LogP contribution < -0.4 is 5.32 Å². The Bertz CT molecular complexity index is 574. The highest BCUT2D eigenvalue weighted by Gasteiger charge is 2.15. The van der Waals surface area contributed by atoms with Crippen LogP contribution in [0, 0.1) is 5.82 Å². The van der Waals surface area contributed by atoms with Crippen molar-refractivity contribution in [2.24, 2.45) is 0 Å². The molecule has 0 saturated carbocycles. The molecule has 1 unspecified atom stereocenters. The molecule has 1 nitrogen and oxygen atoms in total. The molecule has 1 N–H and O–H groups in total. The van der Waals surface area contributed by atoms with E-state index in [1.54, 1.807) is 12.1 Å². The summed E-state index contributed by atoms with van der Waals surface area (Å²) >= 11 is 9.29. The first-order valence-corrected chi connectivity index (χ1v) is 7.14. The fraction of sp³-hybridized carbons (Fsp3) is 0.200. The molecule has 0 aromatic heterocycles. The zero-order valence-electron chi connectivity index (χ0n) is 10.5. The van der Waals surface area contributed by atoms with Crippen molar-refractivity contribution in [1.82, 2.24) is 5.32 Å². The quantitative estimate of drug-likeness (QED) is 0.846. The number of likely N-dealkylation sites (N-methyl/N-ethyl adjacent to an activating group) is 1. The molecule has 0 heterocycles. The Kier molecular flexibility index (Phi) is 4.97. The second-order valence-electron chi connectivity index (χ2n) is 4.30. The SMILES string of the molecule is CNC(Cc1ccc(Cl)cc1F)c1ccccc1Br. The summed E-state index contributed by atoms with van der Waals surface area (Å²) in [7, 11) is 1.87. The van der Waals surface area contributed by atoms with Crippen molar-refractivity contribution in [3.8, 4) is 0 Å². The lowest BCUT2D eigenvalue weighted by molar-refractivity contribution is 0.553. The van der Waals surface area contributed by atoms with Crippen LogP contribution in [0.2, 0.25) is 5.02 Å². The highest BCUT2D eigenvalue weighted by molar-refractivity contribution is 9.10. The van der Waals surface area contributed by atoms with Crippen molar-refractivity contribution in [2.45, 2.75) is 12.5 Å². The van der Waals surface area contributed by atoms with Crippen molar-refractivity contribution < 1.29 is 4.39 Å². The Morgan fingerprint density at radius 2 is 2.00 bits per heavy atom. The smallest absolute Gasteiger partial charge is 0.127 e. The molecular formula is C15H14BrClFN. The third-order valence-corrected chi connectivity index (χ3v) is 4.03. The molecule has 0 fully saturated rings. The van der Waals surface area contributed by atoms with E-state index in [0.29, 0.717) is 17.0 Å². The first-order valence-electron chi connectivity index (χ1n) is 5.97. The van der Waals surface area contributed by atoms with E-state index in [4.69, 9.17) is 11.6 Å². The van der Waals surface area contributed by atoms with E-state index >= 15 is 0 Å². The normalized spacial score (nSPS) is 12.4. The van der Waals surface area contributed by atoms with Crippen molar-refractivity contribution in [3.63, 3.8) is 0 Å².